The van der Waals surface area contributed by atoms with Gasteiger partial charge in [-0.3, -0.25) is 0 Å². The Hall–Kier alpha value is -3.26. The molecule has 1 amide bonds. The summed E-state index contributed by atoms with van der Waals surface area (Å²) in [6.45, 7) is 9.57. The summed E-state index contributed by atoms with van der Waals surface area (Å²) >= 11 is 0. The van der Waals surface area contributed by atoms with Crippen molar-refractivity contribution in [1.29, 1.82) is 0 Å². The van der Waals surface area contributed by atoms with Gasteiger partial charge in [0.2, 0.25) is 0 Å². The van der Waals surface area contributed by atoms with E-state index < -0.39 is 5.97 Å². The zero-order chi connectivity index (χ0) is 39.7. The lowest BCUT2D eigenvalue weighted by atomic mass is 9.98. The molecule has 0 heterocycles. The zero-order valence-electron chi connectivity index (χ0n) is 32.8. The monoisotopic (exact) mass is 795 g/mol. The van der Waals surface area contributed by atoms with Crippen LogP contribution >= 0.6 is 0 Å². The van der Waals surface area contributed by atoms with Crippen LogP contribution in [0.4, 0.5) is 4.79 Å². The van der Waals surface area contributed by atoms with Gasteiger partial charge in [0.05, 0.1) is 139 Å². The molecule has 0 spiro atoms. The molecule has 0 saturated carbocycles. The van der Waals surface area contributed by atoms with Crippen molar-refractivity contribution in [2.45, 2.75) is 5.92 Å². The molecule has 0 radical (unpaired) electrons. The zero-order valence-corrected chi connectivity index (χ0v) is 32.8. The van der Waals surface area contributed by atoms with Gasteiger partial charge in [-0.05, 0) is 22.3 Å². The topological polar surface area (TPSA) is 168 Å². The molecule has 316 valence electrons. The van der Waals surface area contributed by atoms with E-state index in [-0.39, 0.29) is 25.2 Å². The summed E-state index contributed by atoms with van der Waals surface area (Å²) in [6.07, 6.45) is -0.370. The Bertz CT molecular complexity index is 1260. The van der Waals surface area contributed by atoms with Crippen LogP contribution in [-0.2, 0) is 61.6 Å². The highest BCUT2D eigenvalue weighted by Gasteiger charge is 2.29. The van der Waals surface area contributed by atoms with Gasteiger partial charge >= 0.3 is 12.1 Å². The van der Waals surface area contributed by atoms with Crippen molar-refractivity contribution in [2.75, 3.05) is 166 Å². The Kier molecular flexibility index (Phi) is 26.7. The number of carbonyl (C=O) groups excluding carboxylic acids is 1. The number of rotatable bonds is 37. The number of amides is 1. The first-order valence-electron chi connectivity index (χ1n) is 19.2. The third-order valence-electron chi connectivity index (χ3n) is 8.16. The summed E-state index contributed by atoms with van der Waals surface area (Å²) in [5.41, 5.74) is 4.78. The number of carbonyl (C=O) groups is 2. The highest BCUT2D eigenvalue weighted by atomic mass is 16.6. The van der Waals surface area contributed by atoms with Crippen molar-refractivity contribution in [1.82, 2.24) is 4.90 Å². The second kappa shape index (κ2) is 31.8. The fraction of sp³-hybridized carbons (Fsp3) is 0.650. The molecule has 0 bridgehead atoms. The summed E-state index contributed by atoms with van der Waals surface area (Å²) in [5, 5.41) is 8.44. The maximum Gasteiger partial charge on any atom is 0.409 e. The Morgan fingerprint density at radius 1 is 0.482 bits per heavy atom. The van der Waals surface area contributed by atoms with E-state index in [4.69, 9.17) is 61.9 Å². The smallest absolute Gasteiger partial charge is 0.409 e. The molecule has 0 aliphatic heterocycles. The lowest BCUT2D eigenvalue weighted by molar-refractivity contribution is -0.142. The fourth-order valence-electron chi connectivity index (χ4n) is 5.36. The molecule has 16 nitrogen and oxygen atoms in total. The molecular weight excluding hydrogens is 734 g/mol. The first-order chi connectivity index (χ1) is 27.6. The largest absolute Gasteiger partial charge is 0.480 e. The highest BCUT2D eigenvalue weighted by molar-refractivity contribution is 5.79. The number of aliphatic carboxylic acids is 1. The third-order valence-corrected chi connectivity index (χ3v) is 8.16. The molecule has 1 aliphatic rings. The number of likely N-dealkylation sites (N-methyl/N-ethyl adjacent to an activating group) is 1. The van der Waals surface area contributed by atoms with Crippen LogP contribution in [0, 0.1) is 0 Å². The van der Waals surface area contributed by atoms with E-state index >= 15 is 0 Å². The van der Waals surface area contributed by atoms with Gasteiger partial charge in [-0.15, -0.1) is 0 Å². The lowest BCUT2D eigenvalue weighted by Gasteiger charge is -2.19. The van der Waals surface area contributed by atoms with Crippen LogP contribution in [0.25, 0.3) is 11.1 Å². The van der Waals surface area contributed by atoms with Gasteiger partial charge in [-0.1, -0.05) is 48.5 Å². The second-order valence-corrected chi connectivity index (χ2v) is 12.3. The first-order valence-corrected chi connectivity index (χ1v) is 19.2. The Balaban J connectivity index is 0.963. The number of fused-ring (bicyclic) bond motifs is 3. The van der Waals surface area contributed by atoms with Crippen molar-refractivity contribution in [3.05, 3.63) is 59.7 Å². The molecule has 0 unspecified atom stereocenters. The number of hydrogen-bond donors (Lipinski definition) is 1. The Morgan fingerprint density at radius 3 is 1.12 bits per heavy atom. The van der Waals surface area contributed by atoms with Crippen LogP contribution in [0.2, 0.25) is 0 Å². The molecule has 2 aromatic rings. The molecular formula is C40H61NO15. The summed E-state index contributed by atoms with van der Waals surface area (Å²) in [6, 6.07) is 16.5. The molecule has 1 aliphatic carbocycles. The van der Waals surface area contributed by atoms with Crippen LogP contribution in [0.3, 0.4) is 0 Å². The molecule has 0 fully saturated rings. The lowest BCUT2D eigenvalue weighted by Crippen LogP contribution is -2.32. The predicted octanol–water partition coefficient (Wildman–Crippen LogP) is 3.13. The van der Waals surface area contributed by atoms with Crippen LogP contribution in [0.5, 0.6) is 0 Å². The summed E-state index contributed by atoms with van der Waals surface area (Å²) in [5.74, 6) is -0.967. The van der Waals surface area contributed by atoms with Crippen molar-refractivity contribution in [3.63, 3.8) is 0 Å². The summed E-state index contributed by atoms with van der Waals surface area (Å²) in [7, 11) is 1.71. The molecule has 0 saturated heterocycles. The standard InChI is InChI=1S/C40H61NO15/c1-41(40(44)56-32-38-36-8-4-2-6-34(36)35-7-3-5-9-37(35)38)10-11-45-12-13-46-14-15-47-16-17-48-18-19-49-20-21-50-22-23-51-24-25-52-26-27-53-28-29-54-30-31-55-33-39(42)43/h2-9,38H,10-33H2,1H3,(H,42,43). The van der Waals surface area contributed by atoms with Gasteiger partial charge in [-0.25, -0.2) is 9.59 Å². The van der Waals surface area contributed by atoms with E-state index in [1.165, 1.54) is 27.2 Å². The molecule has 3 rings (SSSR count). The molecule has 0 atom stereocenters. The van der Waals surface area contributed by atoms with Gasteiger partial charge in [0.1, 0.15) is 13.2 Å². The van der Waals surface area contributed by atoms with Crippen molar-refractivity contribution in [2.24, 2.45) is 0 Å². The van der Waals surface area contributed by atoms with E-state index in [0.717, 1.165) is 0 Å². The van der Waals surface area contributed by atoms with E-state index in [2.05, 4.69) is 24.3 Å². The van der Waals surface area contributed by atoms with Crippen molar-refractivity contribution >= 4 is 12.1 Å². The van der Waals surface area contributed by atoms with Crippen molar-refractivity contribution in [3.8, 4) is 11.1 Å². The van der Waals surface area contributed by atoms with E-state index in [0.29, 0.717) is 145 Å². The number of carboxylic acid groups (broad SMARTS) is 1. The summed E-state index contributed by atoms with van der Waals surface area (Å²) < 4.78 is 65.2. The van der Waals surface area contributed by atoms with Crippen molar-refractivity contribution < 1.29 is 71.5 Å². The van der Waals surface area contributed by atoms with Crippen LogP contribution < -0.4 is 0 Å². The fourth-order valence-corrected chi connectivity index (χ4v) is 5.36. The minimum Gasteiger partial charge on any atom is -0.480 e. The molecule has 1 N–H and O–H groups in total. The normalized spacial score (nSPS) is 12.2. The Morgan fingerprint density at radius 2 is 0.786 bits per heavy atom. The van der Waals surface area contributed by atoms with Crippen LogP contribution in [-0.4, -0.2) is 188 Å². The van der Waals surface area contributed by atoms with E-state index in [1.807, 2.05) is 24.3 Å². The Labute approximate surface area is 330 Å². The summed E-state index contributed by atoms with van der Waals surface area (Å²) in [4.78, 5) is 24.4. The van der Waals surface area contributed by atoms with Gasteiger partial charge in [0.25, 0.3) is 0 Å². The second-order valence-electron chi connectivity index (χ2n) is 12.3. The van der Waals surface area contributed by atoms with Gasteiger partial charge < -0.3 is 66.8 Å². The molecule has 0 aromatic heterocycles. The van der Waals surface area contributed by atoms with Crippen LogP contribution in [0.1, 0.15) is 17.0 Å². The quantitative estimate of drug-likeness (QED) is 0.0990. The molecule has 2 aromatic carbocycles. The van der Waals surface area contributed by atoms with E-state index in [1.54, 1.807) is 7.05 Å². The number of hydrogen-bond acceptors (Lipinski definition) is 14. The number of carboxylic acids is 1. The SMILES string of the molecule is CN(CCOCCOCCOCCOCCOCCOCCOCCOCCOCCOCCOCC(=O)O)C(=O)OCC1c2ccccc2-c2ccccc21. The minimum absolute atomic E-state index is 0.0330. The minimum atomic E-state index is -1.00. The molecule has 16 heteroatoms. The molecule has 56 heavy (non-hydrogen) atoms. The average Bonchev–Trinajstić information content (AvgIpc) is 3.53. The number of benzene rings is 2. The maximum absolute atomic E-state index is 12.6. The van der Waals surface area contributed by atoms with Gasteiger partial charge in [0, 0.05) is 19.5 Å². The van der Waals surface area contributed by atoms with Crippen LogP contribution in [0.15, 0.2) is 48.5 Å². The van der Waals surface area contributed by atoms with Gasteiger partial charge in [-0.2, -0.15) is 0 Å². The first kappa shape index (κ1) is 47.1. The van der Waals surface area contributed by atoms with Gasteiger partial charge in [0.15, 0.2) is 0 Å². The predicted molar refractivity (Wildman–Crippen MR) is 204 cm³/mol. The van der Waals surface area contributed by atoms with E-state index in [9.17, 15) is 9.59 Å². The number of nitrogens with zero attached hydrogens (tertiary/aromatic N) is 1. The maximum atomic E-state index is 12.6. The number of ether oxygens (including phenoxy) is 12. The average molecular weight is 796 g/mol. The highest BCUT2D eigenvalue weighted by Crippen LogP contribution is 2.44. The third kappa shape index (κ3) is 21.3.